The van der Waals surface area contributed by atoms with Crippen LogP contribution in [0.25, 0.3) is 0 Å². The predicted molar refractivity (Wildman–Crippen MR) is 81.3 cm³/mol. The second kappa shape index (κ2) is 6.83. The van der Waals surface area contributed by atoms with Crippen molar-refractivity contribution in [3.63, 3.8) is 0 Å². The highest BCUT2D eigenvalue weighted by Gasteiger charge is 2.43. The SMILES string of the molecule is CC(Cc1ccc(C(F)(F)F)cc1)C(=O)NC1(C(=O)O)CCCC1. The van der Waals surface area contributed by atoms with E-state index in [-0.39, 0.29) is 12.3 Å². The summed E-state index contributed by atoms with van der Waals surface area (Å²) in [6, 6.07) is 4.65. The van der Waals surface area contributed by atoms with E-state index in [4.69, 9.17) is 0 Å². The Morgan fingerprint density at radius 3 is 2.21 bits per heavy atom. The lowest BCUT2D eigenvalue weighted by molar-refractivity contribution is -0.148. The number of carboxylic acid groups (broad SMARTS) is 1. The van der Waals surface area contributed by atoms with E-state index in [1.54, 1.807) is 6.92 Å². The van der Waals surface area contributed by atoms with Crippen LogP contribution >= 0.6 is 0 Å². The third-order valence-corrected chi connectivity index (χ3v) is 4.50. The molecule has 1 saturated carbocycles. The van der Waals surface area contributed by atoms with Gasteiger partial charge in [-0.2, -0.15) is 13.2 Å². The molecule has 1 aromatic carbocycles. The quantitative estimate of drug-likeness (QED) is 0.861. The zero-order valence-electron chi connectivity index (χ0n) is 13.3. The number of carbonyl (C=O) groups is 2. The van der Waals surface area contributed by atoms with Crippen LogP contribution < -0.4 is 5.32 Å². The fourth-order valence-corrected chi connectivity index (χ4v) is 3.01. The van der Waals surface area contributed by atoms with Gasteiger partial charge >= 0.3 is 12.1 Å². The molecule has 0 bridgehead atoms. The van der Waals surface area contributed by atoms with Gasteiger partial charge in [0, 0.05) is 5.92 Å². The number of carboxylic acids is 1. The summed E-state index contributed by atoms with van der Waals surface area (Å²) in [6.45, 7) is 1.64. The molecule has 0 spiro atoms. The van der Waals surface area contributed by atoms with Crippen molar-refractivity contribution in [1.82, 2.24) is 5.32 Å². The molecular formula is C17H20F3NO3. The van der Waals surface area contributed by atoms with Gasteiger partial charge in [0.1, 0.15) is 5.54 Å². The number of amides is 1. The standard InChI is InChI=1S/C17H20F3NO3/c1-11(10-12-4-6-13(7-5-12)17(18,19)20)14(22)21-16(15(23)24)8-2-3-9-16/h4-7,11H,2-3,8-10H2,1H3,(H,21,22)(H,23,24). The van der Waals surface area contributed by atoms with Crippen LogP contribution in [0, 0.1) is 5.92 Å². The van der Waals surface area contributed by atoms with E-state index in [1.807, 2.05) is 0 Å². The van der Waals surface area contributed by atoms with E-state index in [2.05, 4.69) is 5.32 Å². The number of carbonyl (C=O) groups excluding carboxylic acids is 1. The highest BCUT2D eigenvalue weighted by atomic mass is 19.4. The minimum Gasteiger partial charge on any atom is -0.480 e. The minimum absolute atomic E-state index is 0.250. The van der Waals surface area contributed by atoms with Crippen LogP contribution in [0.3, 0.4) is 0 Å². The maximum absolute atomic E-state index is 12.5. The largest absolute Gasteiger partial charge is 0.480 e. The van der Waals surface area contributed by atoms with Gasteiger partial charge in [0.05, 0.1) is 5.56 Å². The molecule has 0 aromatic heterocycles. The zero-order valence-corrected chi connectivity index (χ0v) is 13.3. The Hall–Kier alpha value is -2.05. The number of nitrogens with one attached hydrogen (secondary N) is 1. The molecule has 1 aliphatic carbocycles. The lowest BCUT2D eigenvalue weighted by Gasteiger charge is -2.27. The first kappa shape index (κ1) is 18.3. The van der Waals surface area contributed by atoms with Gasteiger partial charge in [-0.25, -0.2) is 4.79 Å². The molecule has 1 atom stereocenters. The van der Waals surface area contributed by atoms with Crippen LogP contribution in [0.1, 0.15) is 43.7 Å². The summed E-state index contributed by atoms with van der Waals surface area (Å²) in [5, 5.41) is 12.0. The van der Waals surface area contributed by atoms with Gasteiger partial charge < -0.3 is 10.4 Å². The predicted octanol–water partition coefficient (Wildman–Crippen LogP) is 3.40. The summed E-state index contributed by atoms with van der Waals surface area (Å²) in [5.74, 6) is -1.95. The van der Waals surface area contributed by atoms with Crippen molar-refractivity contribution in [2.75, 3.05) is 0 Å². The van der Waals surface area contributed by atoms with E-state index in [0.717, 1.165) is 25.0 Å². The Labute approximate surface area is 138 Å². The Morgan fingerprint density at radius 1 is 1.21 bits per heavy atom. The van der Waals surface area contributed by atoms with E-state index < -0.39 is 29.2 Å². The first-order valence-corrected chi connectivity index (χ1v) is 7.86. The molecule has 132 valence electrons. The lowest BCUT2D eigenvalue weighted by atomic mass is 9.94. The van der Waals surface area contributed by atoms with Crippen LogP contribution in [0.15, 0.2) is 24.3 Å². The lowest BCUT2D eigenvalue weighted by Crippen LogP contribution is -2.54. The smallest absolute Gasteiger partial charge is 0.416 e. The Kier molecular flexibility index (Phi) is 5.20. The first-order chi connectivity index (χ1) is 11.1. The van der Waals surface area contributed by atoms with Crippen LogP contribution in [0.5, 0.6) is 0 Å². The Bertz CT molecular complexity index is 605. The summed E-state index contributed by atoms with van der Waals surface area (Å²) in [6.07, 6.45) is -1.83. The van der Waals surface area contributed by atoms with Crippen LogP contribution in [-0.4, -0.2) is 22.5 Å². The number of aliphatic carboxylic acids is 1. The summed E-state index contributed by atoms with van der Waals surface area (Å²) in [7, 11) is 0. The third-order valence-electron chi connectivity index (χ3n) is 4.50. The van der Waals surface area contributed by atoms with Crippen LogP contribution in [-0.2, 0) is 22.2 Å². The molecule has 24 heavy (non-hydrogen) atoms. The van der Waals surface area contributed by atoms with Crippen molar-refractivity contribution in [2.45, 2.75) is 50.7 Å². The highest BCUT2D eigenvalue weighted by Crippen LogP contribution is 2.31. The van der Waals surface area contributed by atoms with E-state index in [1.165, 1.54) is 12.1 Å². The van der Waals surface area contributed by atoms with E-state index in [9.17, 15) is 27.9 Å². The number of hydrogen-bond acceptors (Lipinski definition) is 2. The molecule has 7 heteroatoms. The molecule has 4 nitrogen and oxygen atoms in total. The van der Waals surface area contributed by atoms with Crippen LogP contribution in [0.2, 0.25) is 0 Å². The van der Waals surface area contributed by atoms with Crippen molar-refractivity contribution in [1.29, 1.82) is 0 Å². The number of rotatable bonds is 5. The summed E-state index contributed by atoms with van der Waals surface area (Å²) >= 11 is 0. The second-order valence-electron chi connectivity index (χ2n) is 6.38. The monoisotopic (exact) mass is 343 g/mol. The molecule has 1 fully saturated rings. The molecule has 2 rings (SSSR count). The minimum atomic E-state index is -4.39. The number of halogens is 3. The Balaban J connectivity index is 2.00. The van der Waals surface area contributed by atoms with Gasteiger partial charge in [0.15, 0.2) is 0 Å². The molecule has 1 aliphatic rings. The molecule has 0 saturated heterocycles. The van der Waals surface area contributed by atoms with Crippen molar-refractivity contribution < 1.29 is 27.9 Å². The fraction of sp³-hybridized carbons (Fsp3) is 0.529. The van der Waals surface area contributed by atoms with Crippen molar-refractivity contribution in [3.8, 4) is 0 Å². The normalized spacial score (nSPS) is 18.2. The zero-order chi connectivity index (χ0) is 18.0. The maximum atomic E-state index is 12.5. The molecule has 1 unspecified atom stereocenters. The topological polar surface area (TPSA) is 66.4 Å². The van der Waals surface area contributed by atoms with Gasteiger partial charge in [-0.3, -0.25) is 4.79 Å². The second-order valence-corrected chi connectivity index (χ2v) is 6.38. The van der Waals surface area contributed by atoms with Gasteiger partial charge in [-0.15, -0.1) is 0 Å². The van der Waals surface area contributed by atoms with Gasteiger partial charge in [-0.1, -0.05) is 31.9 Å². The first-order valence-electron chi connectivity index (χ1n) is 7.86. The van der Waals surface area contributed by atoms with Crippen LogP contribution in [0.4, 0.5) is 13.2 Å². The highest BCUT2D eigenvalue weighted by molar-refractivity contribution is 5.88. The summed E-state index contributed by atoms with van der Waals surface area (Å²) in [5.41, 5.74) is -1.34. The third kappa shape index (κ3) is 4.07. The average molecular weight is 343 g/mol. The number of hydrogen-bond donors (Lipinski definition) is 2. The summed E-state index contributed by atoms with van der Waals surface area (Å²) < 4.78 is 37.6. The molecule has 1 aromatic rings. The van der Waals surface area contributed by atoms with Crippen molar-refractivity contribution in [3.05, 3.63) is 35.4 Å². The molecule has 0 heterocycles. The molecular weight excluding hydrogens is 323 g/mol. The average Bonchev–Trinajstić information content (AvgIpc) is 2.96. The molecule has 0 aliphatic heterocycles. The number of benzene rings is 1. The molecule has 2 N–H and O–H groups in total. The van der Waals surface area contributed by atoms with Gasteiger partial charge in [-0.05, 0) is 37.0 Å². The van der Waals surface area contributed by atoms with Crippen molar-refractivity contribution in [2.24, 2.45) is 5.92 Å². The van der Waals surface area contributed by atoms with E-state index in [0.29, 0.717) is 18.4 Å². The van der Waals surface area contributed by atoms with Gasteiger partial charge in [0.2, 0.25) is 5.91 Å². The van der Waals surface area contributed by atoms with Gasteiger partial charge in [0.25, 0.3) is 0 Å². The maximum Gasteiger partial charge on any atom is 0.416 e. The molecule has 1 amide bonds. The molecule has 0 radical (unpaired) electrons. The fourth-order valence-electron chi connectivity index (χ4n) is 3.01. The summed E-state index contributed by atoms with van der Waals surface area (Å²) in [4.78, 5) is 23.7. The Morgan fingerprint density at radius 2 is 1.75 bits per heavy atom. The van der Waals surface area contributed by atoms with Crippen molar-refractivity contribution >= 4 is 11.9 Å². The number of alkyl halides is 3. The van der Waals surface area contributed by atoms with E-state index >= 15 is 0 Å².